The average molecular weight is 291 g/mol. The van der Waals surface area contributed by atoms with Crippen LogP contribution in [-0.2, 0) is 14.3 Å². The van der Waals surface area contributed by atoms with Gasteiger partial charge in [0.15, 0.2) is 0 Å². The van der Waals surface area contributed by atoms with Gasteiger partial charge in [-0.1, -0.05) is 26.8 Å². The summed E-state index contributed by atoms with van der Waals surface area (Å²) in [5, 5.41) is 0. The van der Waals surface area contributed by atoms with E-state index in [1.165, 1.54) is 4.90 Å². The molecule has 3 aliphatic rings. The number of hydrogen-bond donors (Lipinski definition) is 0. The number of ether oxygens (including phenoxy) is 1. The van der Waals surface area contributed by atoms with Crippen molar-refractivity contribution in [3.63, 3.8) is 0 Å². The lowest BCUT2D eigenvalue weighted by atomic mass is 9.61. The maximum Gasteiger partial charge on any atom is 0.237 e. The first-order chi connectivity index (χ1) is 9.43. The number of carbonyl (C=O) groups is 2. The van der Waals surface area contributed by atoms with E-state index in [2.05, 4.69) is 20.8 Å². The number of amides is 2. The molecular formula is C17H25NO3. The Bertz CT molecular complexity index is 564. The fourth-order valence-electron chi connectivity index (χ4n) is 4.55. The monoisotopic (exact) mass is 291 g/mol. The highest BCUT2D eigenvalue weighted by atomic mass is 16.5. The second-order valence-corrected chi connectivity index (χ2v) is 8.60. The average Bonchev–Trinajstić information content (AvgIpc) is 2.85. The van der Waals surface area contributed by atoms with Gasteiger partial charge in [-0.05, 0) is 38.7 Å². The van der Waals surface area contributed by atoms with Crippen molar-refractivity contribution in [2.24, 2.45) is 17.3 Å². The molecule has 4 nitrogen and oxygen atoms in total. The molecule has 0 N–H and O–H groups in total. The van der Waals surface area contributed by atoms with E-state index < -0.39 is 11.1 Å². The molecule has 0 aromatic heterocycles. The third-order valence-corrected chi connectivity index (χ3v) is 5.25. The number of carbonyl (C=O) groups excluding carboxylic acids is 2. The molecule has 0 radical (unpaired) electrons. The zero-order valence-corrected chi connectivity index (χ0v) is 14.0. The maximum absolute atomic E-state index is 13.0. The van der Waals surface area contributed by atoms with E-state index in [-0.39, 0.29) is 35.2 Å². The highest BCUT2D eigenvalue weighted by Gasteiger charge is 2.73. The van der Waals surface area contributed by atoms with Crippen molar-refractivity contribution in [1.29, 1.82) is 0 Å². The van der Waals surface area contributed by atoms with Gasteiger partial charge in [-0.2, -0.15) is 0 Å². The summed E-state index contributed by atoms with van der Waals surface area (Å²) < 4.78 is 6.24. The van der Waals surface area contributed by atoms with Gasteiger partial charge in [0, 0.05) is 5.54 Å². The van der Waals surface area contributed by atoms with Crippen LogP contribution in [0.2, 0.25) is 0 Å². The molecule has 3 heterocycles. The van der Waals surface area contributed by atoms with Crippen LogP contribution < -0.4 is 0 Å². The standard InChI is InChI=1S/C17H25NO3/c1-9-8-10-11-12(17(9,21-10)15(2,3)4)14(20)18(13(11)19)16(5,6)7/h8,10-12H,1-7H3. The van der Waals surface area contributed by atoms with Crippen LogP contribution in [0, 0.1) is 17.3 Å². The second-order valence-electron chi connectivity index (χ2n) is 8.60. The molecule has 0 aliphatic carbocycles. The highest BCUT2D eigenvalue weighted by molar-refractivity contribution is 6.08. The Morgan fingerprint density at radius 3 is 2.14 bits per heavy atom. The molecule has 0 spiro atoms. The fraction of sp³-hybridized carbons (Fsp3) is 0.765. The van der Waals surface area contributed by atoms with Crippen molar-refractivity contribution < 1.29 is 14.3 Å². The first-order valence-electron chi connectivity index (χ1n) is 7.67. The molecule has 4 heteroatoms. The van der Waals surface area contributed by atoms with Gasteiger partial charge in [-0.15, -0.1) is 0 Å². The van der Waals surface area contributed by atoms with E-state index in [0.29, 0.717) is 0 Å². The summed E-state index contributed by atoms with van der Waals surface area (Å²) in [5.41, 5.74) is -0.260. The Labute approximate surface area is 126 Å². The molecule has 116 valence electrons. The summed E-state index contributed by atoms with van der Waals surface area (Å²) >= 11 is 0. The van der Waals surface area contributed by atoms with E-state index in [9.17, 15) is 9.59 Å². The van der Waals surface area contributed by atoms with Crippen LogP contribution >= 0.6 is 0 Å². The molecule has 0 aromatic rings. The molecule has 21 heavy (non-hydrogen) atoms. The molecular weight excluding hydrogens is 266 g/mol. The second kappa shape index (κ2) is 3.78. The van der Waals surface area contributed by atoms with E-state index >= 15 is 0 Å². The van der Waals surface area contributed by atoms with E-state index in [1.54, 1.807) is 0 Å². The van der Waals surface area contributed by atoms with E-state index in [4.69, 9.17) is 4.74 Å². The molecule has 2 saturated heterocycles. The third kappa shape index (κ3) is 1.54. The molecule has 2 bridgehead atoms. The van der Waals surface area contributed by atoms with Gasteiger partial charge in [-0.25, -0.2) is 0 Å². The minimum absolute atomic E-state index is 0.0672. The van der Waals surface area contributed by atoms with Gasteiger partial charge in [0.25, 0.3) is 0 Å². The quantitative estimate of drug-likeness (QED) is 0.509. The minimum Gasteiger partial charge on any atom is -0.361 e. The first-order valence-corrected chi connectivity index (χ1v) is 7.67. The Hall–Kier alpha value is -1.16. The summed E-state index contributed by atoms with van der Waals surface area (Å²) in [6.45, 7) is 14.0. The van der Waals surface area contributed by atoms with Crippen molar-refractivity contribution in [3.8, 4) is 0 Å². The van der Waals surface area contributed by atoms with Crippen LogP contribution in [-0.4, -0.2) is 34.0 Å². The largest absolute Gasteiger partial charge is 0.361 e. The number of imide groups is 1. The molecule has 0 aromatic carbocycles. The molecule has 0 saturated carbocycles. The van der Waals surface area contributed by atoms with Gasteiger partial charge in [0.05, 0.1) is 17.9 Å². The molecule has 4 atom stereocenters. The van der Waals surface area contributed by atoms with Crippen molar-refractivity contribution >= 4 is 11.8 Å². The molecule has 2 fully saturated rings. The Balaban J connectivity index is 2.15. The number of likely N-dealkylation sites (tertiary alicyclic amines) is 1. The Kier molecular flexibility index (Phi) is 2.66. The number of fused-ring (bicyclic) bond motifs is 5. The normalized spacial score (nSPS) is 39.1. The minimum atomic E-state index is -0.644. The summed E-state index contributed by atoms with van der Waals surface area (Å²) in [6.07, 6.45) is 1.79. The zero-order chi connectivity index (χ0) is 16.0. The molecule has 4 unspecified atom stereocenters. The predicted octanol–water partition coefficient (Wildman–Crippen LogP) is 2.53. The van der Waals surface area contributed by atoms with Crippen molar-refractivity contribution in [2.45, 2.75) is 65.7 Å². The van der Waals surface area contributed by atoms with E-state index in [0.717, 1.165) is 5.57 Å². The third-order valence-electron chi connectivity index (χ3n) is 5.25. The van der Waals surface area contributed by atoms with Gasteiger partial charge >= 0.3 is 0 Å². The van der Waals surface area contributed by atoms with Crippen molar-refractivity contribution in [2.75, 3.05) is 0 Å². The summed E-state index contributed by atoms with van der Waals surface area (Å²) in [4.78, 5) is 27.3. The SMILES string of the molecule is CC1=CC2OC1(C(C)(C)C)C1C(=O)N(C(C)(C)C)C(=O)C21. The fourth-order valence-corrected chi connectivity index (χ4v) is 4.55. The van der Waals surface area contributed by atoms with Crippen LogP contribution in [0.15, 0.2) is 11.6 Å². The Morgan fingerprint density at radius 2 is 1.67 bits per heavy atom. The Morgan fingerprint density at radius 1 is 1.10 bits per heavy atom. The van der Waals surface area contributed by atoms with Gasteiger partial charge in [-0.3, -0.25) is 14.5 Å². The van der Waals surface area contributed by atoms with E-state index in [1.807, 2.05) is 33.8 Å². The van der Waals surface area contributed by atoms with Gasteiger partial charge in [0.1, 0.15) is 5.60 Å². The maximum atomic E-state index is 13.0. The van der Waals surface area contributed by atoms with Crippen molar-refractivity contribution in [3.05, 3.63) is 11.6 Å². The lowest BCUT2D eigenvalue weighted by Crippen LogP contribution is -2.53. The van der Waals surface area contributed by atoms with Crippen LogP contribution in [0.3, 0.4) is 0 Å². The predicted molar refractivity (Wildman–Crippen MR) is 79.4 cm³/mol. The smallest absolute Gasteiger partial charge is 0.237 e. The molecule has 3 rings (SSSR count). The van der Waals surface area contributed by atoms with Gasteiger partial charge in [0.2, 0.25) is 11.8 Å². The lowest BCUT2D eigenvalue weighted by Gasteiger charge is -2.44. The molecule has 2 amide bonds. The highest BCUT2D eigenvalue weighted by Crippen LogP contribution is 2.61. The van der Waals surface area contributed by atoms with Crippen LogP contribution in [0.4, 0.5) is 0 Å². The zero-order valence-electron chi connectivity index (χ0n) is 14.0. The first kappa shape index (κ1) is 14.8. The molecule has 3 aliphatic heterocycles. The summed E-state index contributed by atoms with van der Waals surface area (Å²) in [7, 11) is 0. The van der Waals surface area contributed by atoms with Crippen molar-refractivity contribution in [1.82, 2.24) is 4.90 Å². The number of rotatable bonds is 0. The van der Waals surface area contributed by atoms with Gasteiger partial charge < -0.3 is 4.74 Å². The summed E-state index contributed by atoms with van der Waals surface area (Å²) in [5.74, 6) is -0.862. The number of nitrogens with zero attached hydrogens (tertiary/aromatic N) is 1. The van der Waals surface area contributed by atoms with Crippen LogP contribution in [0.1, 0.15) is 48.5 Å². The summed E-state index contributed by atoms with van der Waals surface area (Å²) in [6, 6.07) is 0. The number of hydrogen-bond acceptors (Lipinski definition) is 3. The van der Waals surface area contributed by atoms with Crippen LogP contribution in [0.25, 0.3) is 0 Å². The lowest BCUT2D eigenvalue weighted by molar-refractivity contribution is -0.153. The topological polar surface area (TPSA) is 46.6 Å². The van der Waals surface area contributed by atoms with Crippen LogP contribution in [0.5, 0.6) is 0 Å².